The highest BCUT2D eigenvalue weighted by Crippen LogP contribution is 2.30. The van der Waals surface area contributed by atoms with Crippen LogP contribution in [0, 0.1) is 19.8 Å². The Labute approximate surface area is 210 Å². The molecular weight excluding hydrogens is 456 g/mol. The van der Waals surface area contributed by atoms with Crippen molar-refractivity contribution in [2.24, 2.45) is 5.92 Å². The van der Waals surface area contributed by atoms with Crippen LogP contribution in [0.4, 0.5) is 0 Å². The Morgan fingerprint density at radius 1 is 1.22 bits per heavy atom. The van der Waals surface area contributed by atoms with Crippen LogP contribution in [0.3, 0.4) is 0 Å². The smallest absolute Gasteiger partial charge is 0.252 e. The second kappa shape index (κ2) is 10.4. The molecule has 36 heavy (non-hydrogen) atoms. The maximum atomic E-state index is 13.2. The van der Waals surface area contributed by atoms with Crippen LogP contribution in [-0.4, -0.2) is 49.3 Å². The van der Waals surface area contributed by atoms with E-state index in [1.807, 2.05) is 24.3 Å². The average Bonchev–Trinajstić information content (AvgIpc) is 3.61. The third-order valence-electron chi connectivity index (χ3n) is 7.11. The molecule has 0 aliphatic carbocycles. The molecular formula is C27H34N6O3. The van der Waals surface area contributed by atoms with Crippen LogP contribution in [0.1, 0.15) is 61.0 Å². The Morgan fingerprint density at radius 2 is 2.06 bits per heavy atom. The Morgan fingerprint density at radius 3 is 2.78 bits per heavy atom. The van der Waals surface area contributed by atoms with E-state index in [0.29, 0.717) is 19.6 Å². The van der Waals surface area contributed by atoms with E-state index < -0.39 is 0 Å². The molecule has 1 saturated heterocycles. The van der Waals surface area contributed by atoms with Gasteiger partial charge < -0.3 is 14.1 Å². The minimum atomic E-state index is -0.117. The highest BCUT2D eigenvalue weighted by Gasteiger charge is 2.32. The fraction of sp³-hybridized carbons (Fsp3) is 0.481. The second-order valence-electron chi connectivity index (χ2n) is 10.2. The van der Waals surface area contributed by atoms with E-state index in [9.17, 15) is 4.79 Å². The van der Waals surface area contributed by atoms with Gasteiger partial charge in [0, 0.05) is 30.8 Å². The van der Waals surface area contributed by atoms with Crippen molar-refractivity contribution in [3.63, 3.8) is 0 Å². The molecule has 3 aromatic heterocycles. The van der Waals surface area contributed by atoms with Crippen molar-refractivity contribution in [2.45, 2.75) is 65.8 Å². The third kappa shape index (κ3) is 5.12. The first-order valence-electron chi connectivity index (χ1n) is 12.7. The summed E-state index contributed by atoms with van der Waals surface area (Å²) in [5.41, 5.74) is 3.88. The molecule has 0 amide bonds. The van der Waals surface area contributed by atoms with E-state index in [-0.39, 0.29) is 23.6 Å². The number of pyridine rings is 1. The lowest BCUT2D eigenvalue weighted by molar-refractivity contribution is 0.0384. The van der Waals surface area contributed by atoms with E-state index >= 15 is 0 Å². The Kier molecular flexibility index (Phi) is 7.02. The van der Waals surface area contributed by atoms with Gasteiger partial charge in [-0.2, -0.15) is 0 Å². The monoisotopic (exact) mass is 490 g/mol. The lowest BCUT2D eigenvalue weighted by Gasteiger charge is -2.35. The van der Waals surface area contributed by atoms with Crippen molar-refractivity contribution in [1.29, 1.82) is 0 Å². The number of nitrogens with zero attached hydrogens (tertiary/aromatic N) is 5. The molecule has 2 unspecified atom stereocenters. The highest BCUT2D eigenvalue weighted by molar-refractivity contribution is 5.80. The first kappa shape index (κ1) is 24.4. The zero-order valence-electron chi connectivity index (χ0n) is 21.4. The number of hydrogen-bond donors (Lipinski definition) is 1. The van der Waals surface area contributed by atoms with E-state index in [0.717, 1.165) is 53.1 Å². The molecule has 190 valence electrons. The molecule has 1 N–H and O–H groups in total. The van der Waals surface area contributed by atoms with E-state index in [1.165, 1.54) is 5.56 Å². The van der Waals surface area contributed by atoms with Gasteiger partial charge in [0.1, 0.15) is 12.3 Å². The van der Waals surface area contributed by atoms with Gasteiger partial charge in [-0.05, 0) is 89.9 Å². The third-order valence-corrected chi connectivity index (χ3v) is 7.11. The minimum Gasteiger partial charge on any atom is -0.467 e. The zero-order chi connectivity index (χ0) is 25.2. The van der Waals surface area contributed by atoms with E-state index in [2.05, 4.69) is 59.2 Å². The van der Waals surface area contributed by atoms with Crippen molar-refractivity contribution >= 4 is 10.9 Å². The number of nitrogens with one attached hydrogen (secondary N) is 1. The summed E-state index contributed by atoms with van der Waals surface area (Å²) in [6, 6.07) is 9.86. The van der Waals surface area contributed by atoms with Crippen molar-refractivity contribution in [3.8, 4) is 0 Å². The van der Waals surface area contributed by atoms with Crippen LogP contribution < -0.4 is 5.56 Å². The number of aryl methyl sites for hydroxylation is 2. The number of aromatic nitrogens is 5. The van der Waals surface area contributed by atoms with Crippen LogP contribution in [0.5, 0.6) is 0 Å². The van der Waals surface area contributed by atoms with Crippen molar-refractivity contribution in [2.75, 3.05) is 13.2 Å². The Bertz CT molecular complexity index is 1370. The molecule has 0 spiro atoms. The quantitative estimate of drug-likeness (QED) is 0.376. The molecule has 2 atom stereocenters. The summed E-state index contributed by atoms with van der Waals surface area (Å²) in [5, 5.41) is 13.7. The summed E-state index contributed by atoms with van der Waals surface area (Å²) >= 11 is 0. The number of hydrogen-bond acceptors (Lipinski definition) is 7. The molecule has 9 nitrogen and oxygen atoms in total. The fourth-order valence-corrected chi connectivity index (χ4v) is 5.15. The molecule has 4 heterocycles. The topological polar surface area (TPSA) is 102 Å². The first-order valence-corrected chi connectivity index (χ1v) is 12.7. The molecule has 0 saturated carbocycles. The summed E-state index contributed by atoms with van der Waals surface area (Å²) < 4.78 is 13.4. The summed E-state index contributed by atoms with van der Waals surface area (Å²) in [6.45, 7) is 10.9. The lowest BCUT2D eigenvalue weighted by Crippen LogP contribution is -2.40. The molecule has 1 aliphatic heterocycles. The van der Waals surface area contributed by atoms with Gasteiger partial charge in [-0.3, -0.25) is 9.69 Å². The number of rotatable bonds is 9. The summed E-state index contributed by atoms with van der Waals surface area (Å²) in [5.74, 6) is 1.73. The Hall–Kier alpha value is -3.30. The van der Waals surface area contributed by atoms with Gasteiger partial charge in [-0.25, -0.2) is 4.68 Å². The maximum Gasteiger partial charge on any atom is 0.252 e. The Balaban J connectivity index is 1.52. The van der Waals surface area contributed by atoms with Gasteiger partial charge >= 0.3 is 0 Å². The number of furan rings is 1. The predicted molar refractivity (Wildman–Crippen MR) is 137 cm³/mol. The van der Waals surface area contributed by atoms with Crippen LogP contribution in [0.15, 0.2) is 45.8 Å². The molecule has 9 heteroatoms. The van der Waals surface area contributed by atoms with Crippen LogP contribution in [0.2, 0.25) is 0 Å². The lowest BCUT2D eigenvalue weighted by atomic mass is 9.99. The molecule has 0 bridgehead atoms. The average molecular weight is 491 g/mol. The van der Waals surface area contributed by atoms with Crippen LogP contribution in [-0.2, 0) is 17.8 Å². The van der Waals surface area contributed by atoms with E-state index in [1.54, 1.807) is 10.9 Å². The van der Waals surface area contributed by atoms with Crippen molar-refractivity contribution < 1.29 is 9.15 Å². The largest absolute Gasteiger partial charge is 0.467 e. The van der Waals surface area contributed by atoms with Gasteiger partial charge in [-0.15, -0.1) is 5.10 Å². The SMILES string of the molecule is Cc1cc2cc(CN(CC3CCCO3)C(c3nnnn3Cc3ccco3)C(C)C)c(=O)[nH]c2cc1C. The number of aromatic amines is 1. The minimum absolute atomic E-state index is 0.0687. The van der Waals surface area contributed by atoms with Gasteiger partial charge in [0.25, 0.3) is 5.56 Å². The van der Waals surface area contributed by atoms with E-state index in [4.69, 9.17) is 9.15 Å². The summed E-state index contributed by atoms with van der Waals surface area (Å²) in [7, 11) is 0. The maximum absolute atomic E-state index is 13.2. The second-order valence-corrected chi connectivity index (χ2v) is 10.2. The normalized spacial score (nSPS) is 17.0. The molecule has 0 radical (unpaired) electrons. The predicted octanol–water partition coefficient (Wildman–Crippen LogP) is 4.15. The van der Waals surface area contributed by atoms with Gasteiger partial charge in [-0.1, -0.05) is 13.8 Å². The highest BCUT2D eigenvalue weighted by atomic mass is 16.5. The zero-order valence-corrected chi connectivity index (χ0v) is 21.4. The van der Waals surface area contributed by atoms with Crippen molar-refractivity contribution in [3.05, 3.63) is 75.2 Å². The molecule has 4 aromatic rings. The number of fused-ring (bicyclic) bond motifs is 1. The molecule has 1 fully saturated rings. The van der Waals surface area contributed by atoms with Gasteiger partial charge in [0.05, 0.1) is 18.4 Å². The standard InChI is InChI=1S/C27H34N6O3/c1-17(2)25(26-29-30-31-33(26)16-23-8-6-10-36-23)32(15-22-7-5-9-35-22)14-21-13-20-11-18(3)19(4)12-24(20)28-27(21)34/h6,8,10-13,17,22,25H,5,7,9,14-16H2,1-4H3,(H,28,34). The molecule has 1 aromatic carbocycles. The summed E-state index contributed by atoms with van der Waals surface area (Å²) in [4.78, 5) is 18.6. The number of ether oxygens (including phenoxy) is 1. The van der Waals surface area contributed by atoms with Gasteiger partial charge in [0.15, 0.2) is 5.82 Å². The van der Waals surface area contributed by atoms with Crippen LogP contribution in [0.25, 0.3) is 10.9 Å². The molecule has 1 aliphatic rings. The number of H-pyrrole nitrogens is 1. The number of tetrazole rings is 1. The van der Waals surface area contributed by atoms with Crippen LogP contribution >= 0.6 is 0 Å². The van der Waals surface area contributed by atoms with Gasteiger partial charge in [0.2, 0.25) is 0 Å². The number of benzene rings is 1. The van der Waals surface area contributed by atoms with Crippen molar-refractivity contribution in [1.82, 2.24) is 30.1 Å². The molecule has 5 rings (SSSR count). The first-order chi connectivity index (χ1) is 17.4. The summed E-state index contributed by atoms with van der Waals surface area (Å²) in [6.07, 6.45) is 3.82. The fourth-order valence-electron chi connectivity index (χ4n) is 5.15.